The average molecular weight is 641 g/mol. The highest BCUT2D eigenvalue weighted by molar-refractivity contribution is 6.11. The van der Waals surface area contributed by atoms with E-state index >= 15 is 0 Å². The number of oxazole rings is 1. The number of benzene rings is 8. The molecule has 0 unspecified atom stereocenters. The molecular formula is C47H32N2O. The van der Waals surface area contributed by atoms with E-state index in [9.17, 15) is 0 Å². The van der Waals surface area contributed by atoms with Gasteiger partial charge in [0.15, 0.2) is 5.58 Å². The van der Waals surface area contributed by atoms with Gasteiger partial charge in [-0.1, -0.05) is 140 Å². The van der Waals surface area contributed by atoms with Gasteiger partial charge in [-0.05, 0) is 93.4 Å². The molecule has 0 atom stereocenters. The van der Waals surface area contributed by atoms with Crippen molar-refractivity contribution >= 4 is 38.9 Å². The Kier molecular flexibility index (Phi) is 7.49. The van der Waals surface area contributed by atoms with Crippen molar-refractivity contribution in [2.24, 2.45) is 0 Å². The smallest absolute Gasteiger partial charge is 0.227 e. The van der Waals surface area contributed by atoms with E-state index in [0.29, 0.717) is 5.89 Å². The Labute approximate surface area is 291 Å². The number of fused-ring (bicyclic) bond motifs is 3. The predicted molar refractivity (Wildman–Crippen MR) is 208 cm³/mol. The van der Waals surface area contributed by atoms with Gasteiger partial charge in [0.2, 0.25) is 5.89 Å². The summed E-state index contributed by atoms with van der Waals surface area (Å²) in [4.78, 5) is 7.13. The lowest BCUT2D eigenvalue weighted by atomic mass is 9.95. The van der Waals surface area contributed by atoms with Crippen molar-refractivity contribution in [2.45, 2.75) is 0 Å². The predicted octanol–water partition coefficient (Wildman–Crippen LogP) is 13.1. The Morgan fingerprint density at radius 2 is 0.840 bits per heavy atom. The monoisotopic (exact) mass is 640 g/mol. The van der Waals surface area contributed by atoms with E-state index < -0.39 is 0 Å². The van der Waals surface area contributed by atoms with E-state index in [0.717, 1.165) is 66.8 Å². The van der Waals surface area contributed by atoms with E-state index in [1.165, 1.54) is 11.1 Å². The highest BCUT2D eigenvalue weighted by atomic mass is 16.3. The van der Waals surface area contributed by atoms with Crippen LogP contribution in [0.25, 0.3) is 66.7 Å². The van der Waals surface area contributed by atoms with Crippen LogP contribution in [-0.4, -0.2) is 4.98 Å². The molecule has 1 aromatic heterocycles. The summed E-state index contributed by atoms with van der Waals surface area (Å²) < 4.78 is 6.43. The van der Waals surface area contributed by atoms with Crippen molar-refractivity contribution in [1.29, 1.82) is 0 Å². The van der Waals surface area contributed by atoms with Crippen LogP contribution in [0.5, 0.6) is 0 Å². The van der Waals surface area contributed by atoms with Gasteiger partial charge in [0.25, 0.3) is 0 Å². The van der Waals surface area contributed by atoms with Gasteiger partial charge in [-0.15, -0.1) is 0 Å². The summed E-state index contributed by atoms with van der Waals surface area (Å²) in [7, 11) is 0. The third kappa shape index (κ3) is 5.51. The second-order valence-corrected chi connectivity index (χ2v) is 12.4. The van der Waals surface area contributed by atoms with Crippen molar-refractivity contribution in [3.05, 3.63) is 194 Å². The Bertz CT molecular complexity index is 2540. The maximum Gasteiger partial charge on any atom is 0.227 e. The molecule has 8 aromatic carbocycles. The van der Waals surface area contributed by atoms with Gasteiger partial charge >= 0.3 is 0 Å². The number of aromatic nitrogens is 1. The molecule has 236 valence electrons. The highest BCUT2D eigenvalue weighted by Gasteiger charge is 2.16. The molecule has 0 saturated carbocycles. The number of hydrogen-bond acceptors (Lipinski definition) is 3. The number of rotatable bonds is 7. The van der Waals surface area contributed by atoms with Gasteiger partial charge in [0.05, 0.1) is 0 Å². The molecule has 0 saturated heterocycles. The Hall–Kier alpha value is -6.71. The topological polar surface area (TPSA) is 29.3 Å². The minimum absolute atomic E-state index is 0.636. The van der Waals surface area contributed by atoms with Crippen LogP contribution in [0.1, 0.15) is 0 Å². The summed E-state index contributed by atoms with van der Waals surface area (Å²) in [5.74, 6) is 0.636. The molecule has 0 spiro atoms. The first kappa shape index (κ1) is 29.4. The minimum atomic E-state index is 0.636. The van der Waals surface area contributed by atoms with Gasteiger partial charge in [-0.3, -0.25) is 0 Å². The standard InChI is InChI=1S/C47H32N2O/c1-4-11-33(12-5-1)35-23-28-41(29-24-35)49(40-16-8-3-9-17-40)42-30-25-36(26-31-42)34-19-21-37(22-20-34)43-18-10-15-38-27-32-44-46(45(38)43)50-47(48-44)39-13-6-2-7-14-39/h1-32H. The van der Waals surface area contributed by atoms with Gasteiger partial charge in [0, 0.05) is 28.0 Å². The molecule has 50 heavy (non-hydrogen) atoms. The number of nitrogens with zero attached hydrogens (tertiary/aromatic N) is 2. The molecule has 3 nitrogen and oxygen atoms in total. The molecule has 0 amide bonds. The minimum Gasteiger partial charge on any atom is -0.435 e. The molecule has 1 heterocycles. The lowest BCUT2D eigenvalue weighted by Crippen LogP contribution is -2.09. The molecule has 3 heteroatoms. The maximum atomic E-state index is 6.43. The van der Waals surface area contributed by atoms with Gasteiger partial charge in [0.1, 0.15) is 5.52 Å². The van der Waals surface area contributed by atoms with Crippen molar-refractivity contribution < 1.29 is 4.42 Å². The lowest BCUT2D eigenvalue weighted by Gasteiger charge is -2.26. The zero-order valence-corrected chi connectivity index (χ0v) is 27.3. The first-order valence-corrected chi connectivity index (χ1v) is 16.9. The van der Waals surface area contributed by atoms with E-state index in [1.54, 1.807) is 0 Å². The summed E-state index contributed by atoms with van der Waals surface area (Å²) in [5.41, 5.74) is 13.0. The Balaban J connectivity index is 1.03. The molecule has 0 aliphatic heterocycles. The second-order valence-electron chi connectivity index (χ2n) is 12.4. The van der Waals surface area contributed by atoms with Crippen molar-refractivity contribution in [2.75, 3.05) is 4.90 Å². The van der Waals surface area contributed by atoms with Crippen LogP contribution in [-0.2, 0) is 0 Å². The molecule has 0 N–H and O–H groups in total. The Morgan fingerprint density at radius 3 is 1.44 bits per heavy atom. The van der Waals surface area contributed by atoms with Crippen LogP contribution in [0.15, 0.2) is 199 Å². The summed E-state index contributed by atoms with van der Waals surface area (Å²) in [5, 5.41) is 2.21. The SMILES string of the molecule is c1ccc(-c2ccc(N(c3ccccc3)c3ccc(-c4ccc(-c5cccc6ccc7nc(-c8ccccc8)oc7c56)cc4)cc3)cc2)cc1. The lowest BCUT2D eigenvalue weighted by molar-refractivity contribution is 0.623. The first-order valence-electron chi connectivity index (χ1n) is 16.9. The zero-order chi connectivity index (χ0) is 33.3. The molecule has 0 aliphatic carbocycles. The molecule has 0 radical (unpaired) electrons. The largest absolute Gasteiger partial charge is 0.435 e. The Morgan fingerprint density at radius 1 is 0.360 bits per heavy atom. The summed E-state index contributed by atoms with van der Waals surface area (Å²) in [6.45, 7) is 0. The van der Waals surface area contributed by atoms with Crippen molar-refractivity contribution in [1.82, 2.24) is 4.98 Å². The molecule has 0 aliphatic rings. The molecular weight excluding hydrogens is 609 g/mol. The summed E-state index contributed by atoms with van der Waals surface area (Å²) >= 11 is 0. The van der Waals surface area contributed by atoms with Crippen LogP contribution >= 0.6 is 0 Å². The van der Waals surface area contributed by atoms with Crippen LogP contribution in [0.3, 0.4) is 0 Å². The maximum absolute atomic E-state index is 6.43. The average Bonchev–Trinajstić information content (AvgIpc) is 3.65. The first-order chi connectivity index (χ1) is 24.8. The van der Waals surface area contributed by atoms with Crippen LogP contribution in [0.2, 0.25) is 0 Å². The quantitative estimate of drug-likeness (QED) is 0.174. The van der Waals surface area contributed by atoms with E-state index in [1.807, 2.05) is 36.4 Å². The zero-order valence-electron chi connectivity index (χ0n) is 27.3. The van der Waals surface area contributed by atoms with Gasteiger partial charge in [-0.2, -0.15) is 0 Å². The molecule has 0 fully saturated rings. The van der Waals surface area contributed by atoms with Crippen LogP contribution in [0.4, 0.5) is 17.1 Å². The molecule has 9 aromatic rings. The van der Waals surface area contributed by atoms with Crippen LogP contribution < -0.4 is 4.90 Å². The van der Waals surface area contributed by atoms with Crippen molar-refractivity contribution in [3.8, 4) is 44.8 Å². The van der Waals surface area contributed by atoms with Crippen LogP contribution in [0, 0.1) is 0 Å². The van der Waals surface area contributed by atoms with Gasteiger partial charge in [-0.25, -0.2) is 4.98 Å². The van der Waals surface area contributed by atoms with Gasteiger partial charge < -0.3 is 9.32 Å². The normalized spacial score (nSPS) is 11.2. The second kappa shape index (κ2) is 12.7. The molecule has 0 bridgehead atoms. The summed E-state index contributed by atoms with van der Waals surface area (Å²) in [6, 6.07) is 68.1. The van der Waals surface area contributed by atoms with E-state index in [2.05, 4.69) is 163 Å². The number of anilines is 3. The fourth-order valence-corrected chi connectivity index (χ4v) is 6.80. The number of hydrogen-bond donors (Lipinski definition) is 0. The third-order valence-corrected chi connectivity index (χ3v) is 9.32. The summed E-state index contributed by atoms with van der Waals surface area (Å²) in [6.07, 6.45) is 0. The molecule has 9 rings (SSSR count). The third-order valence-electron chi connectivity index (χ3n) is 9.32. The van der Waals surface area contributed by atoms with E-state index in [4.69, 9.17) is 9.40 Å². The van der Waals surface area contributed by atoms with Crippen molar-refractivity contribution in [3.63, 3.8) is 0 Å². The fourth-order valence-electron chi connectivity index (χ4n) is 6.80. The van der Waals surface area contributed by atoms with E-state index in [-0.39, 0.29) is 0 Å². The fraction of sp³-hybridized carbons (Fsp3) is 0. The number of para-hydroxylation sites is 1. The highest BCUT2D eigenvalue weighted by Crippen LogP contribution is 2.39.